The van der Waals surface area contributed by atoms with E-state index in [4.69, 9.17) is 0 Å². The van der Waals surface area contributed by atoms with Crippen LogP contribution in [0.2, 0.25) is 0 Å². The Hall–Kier alpha value is -1.35. The summed E-state index contributed by atoms with van der Waals surface area (Å²) < 4.78 is 0. The maximum Gasteiger partial charge on any atom is 0.220 e. The van der Waals surface area contributed by atoms with Crippen LogP contribution < -0.4 is 5.32 Å². The number of aliphatic hydroxyl groups is 1. The van der Waals surface area contributed by atoms with Gasteiger partial charge in [-0.15, -0.1) is 0 Å². The third kappa shape index (κ3) is 5.88. The van der Waals surface area contributed by atoms with E-state index >= 15 is 0 Å². The zero-order valence-corrected chi connectivity index (χ0v) is 13.9. The first-order valence-electron chi connectivity index (χ1n) is 7.72. The smallest absolute Gasteiger partial charge is 0.220 e. The molecule has 3 heteroatoms. The predicted molar refractivity (Wildman–Crippen MR) is 87.1 cm³/mol. The Balaban J connectivity index is 2.39. The molecule has 0 aromatic heterocycles. The van der Waals surface area contributed by atoms with Gasteiger partial charge in [0, 0.05) is 18.4 Å². The SMILES string of the molecule is Cc1ccc(CCC(=O)NCC(C)(C)C(O)C(C)C)cc1. The van der Waals surface area contributed by atoms with Crippen LogP contribution in [0.15, 0.2) is 24.3 Å². The number of hydrogen-bond donors (Lipinski definition) is 2. The molecule has 0 aliphatic heterocycles. The van der Waals surface area contributed by atoms with Crippen LogP contribution in [0, 0.1) is 18.3 Å². The molecule has 3 nitrogen and oxygen atoms in total. The molecule has 1 aromatic carbocycles. The van der Waals surface area contributed by atoms with E-state index in [1.807, 2.05) is 27.7 Å². The fraction of sp³-hybridized carbons (Fsp3) is 0.611. The Bertz CT molecular complexity index is 449. The second-order valence-electron chi connectivity index (χ2n) is 6.94. The molecule has 0 saturated carbocycles. The van der Waals surface area contributed by atoms with Crippen LogP contribution in [-0.4, -0.2) is 23.7 Å². The van der Waals surface area contributed by atoms with E-state index in [-0.39, 0.29) is 17.2 Å². The lowest BCUT2D eigenvalue weighted by Gasteiger charge is -2.33. The highest BCUT2D eigenvalue weighted by molar-refractivity contribution is 5.76. The molecule has 0 radical (unpaired) electrons. The molecule has 0 fully saturated rings. The molecular weight excluding hydrogens is 262 g/mol. The molecule has 0 spiro atoms. The van der Waals surface area contributed by atoms with Gasteiger partial charge in [0.2, 0.25) is 5.91 Å². The van der Waals surface area contributed by atoms with Crippen molar-refractivity contribution >= 4 is 5.91 Å². The van der Waals surface area contributed by atoms with Crippen LogP contribution in [0.4, 0.5) is 0 Å². The van der Waals surface area contributed by atoms with Gasteiger partial charge in [-0.1, -0.05) is 57.5 Å². The molecule has 1 amide bonds. The van der Waals surface area contributed by atoms with Crippen LogP contribution in [0.3, 0.4) is 0 Å². The van der Waals surface area contributed by atoms with Gasteiger partial charge in [0.25, 0.3) is 0 Å². The van der Waals surface area contributed by atoms with Crippen LogP contribution in [-0.2, 0) is 11.2 Å². The quantitative estimate of drug-likeness (QED) is 0.811. The van der Waals surface area contributed by atoms with Gasteiger partial charge >= 0.3 is 0 Å². The van der Waals surface area contributed by atoms with E-state index in [1.54, 1.807) is 0 Å². The molecule has 1 rings (SSSR count). The highest BCUT2D eigenvalue weighted by Crippen LogP contribution is 2.25. The number of aryl methyl sites for hydroxylation is 2. The van der Waals surface area contributed by atoms with Gasteiger partial charge in [0.05, 0.1) is 6.10 Å². The average Bonchev–Trinajstić information content (AvgIpc) is 2.43. The fourth-order valence-corrected chi connectivity index (χ4v) is 2.43. The number of benzene rings is 1. The minimum absolute atomic E-state index is 0.0413. The Kier molecular flexibility index (Phi) is 6.41. The van der Waals surface area contributed by atoms with Crippen LogP contribution in [0.25, 0.3) is 0 Å². The molecule has 1 unspecified atom stereocenters. The maximum absolute atomic E-state index is 11.9. The lowest BCUT2D eigenvalue weighted by Crippen LogP contribution is -2.43. The summed E-state index contributed by atoms with van der Waals surface area (Å²) in [5, 5.41) is 13.1. The minimum atomic E-state index is -0.421. The van der Waals surface area contributed by atoms with Gasteiger partial charge in [-0.2, -0.15) is 0 Å². The predicted octanol–water partition coefficient (Wildman–Crippen LogP) is 3.09. The normalized spacial score (nSPS) is 13.3. The van der Waals surface area contributed by atoms with Gasteiger partial charge in [0.1, 0.15) is 0 Å². The number of nitrogens with one attached hydrogen (secondary N) is 1. The van der Waals surface area contributed by atoms with Crippen LogP contribution >= 0.6 is 0 Å². The Labute approximate surface area is 128 Å². The first kappa shape index (κ1) is 17.7. The largest absolute Gasteiger partial charge is 0.392 e. The van der Waals surface area contributed by atoms with Gasteiger partial charge in [-0.05, 0) is 24.8 Å². The fourth-order valence-electron chi connectivity index (χ4n) is 2.43. The van der Waals surface area contributed by atoms with Crippen molar-refractivity contribution < 1.29 is 9.90 Å². The second-order valence-corrected chi connectivity index (χ2v) is 6.94. The highest BCUT2D eigenvalue weighted by Gasteiger charge is 2.30. The lowest BCUT2D eigenvalue weighted by atomic mass is 9.80. The van der Waals surface area contributed by atoms with E-state index in [1.165, 1.54) is 11.1 Å². The monoisotopic (exact) mass is 291 g/mol. The Morgan fingerprint density at radius 2 is 1.81 bits per heavy atom. The van der Waals surface area contributed by atoms with E-state index in [2.05, 4.69) is 36.5 Å². The van der Waals surface area contributed by atoms with Crippen molar-refractivity contribution in [3.63, 3.8) is 0 Å². The van der Waals surface area contributed by atoms with Crippen molar-refractivity contribution in [2.24, 2.45) is 11.3 Å². The van der Waals surface area contributed by atoms with E-state index in [9.17, 15) is 9.90 Å². The first-order valence-corrected chi connectivity index (χ1v) is 7.72. The van der Waals surface area contributed by atoms with Crippen molar-refractivity contribution in [1.82, 2.24) is 5.32 Å². The molecule has 0 saturated heterocycles. The topological polar surface area (TPSA) is 49.3 Å². The Morgan fingerprint density at radius 3 is 2.33 bits per heavy atom. The lowest BCUT2D eigenvalue weighted by molar-refractivity contribution is -0.122. The summed E-state index contributed by atoms with van der Waals surface area (Å²) in [7, 11) is 0. The molecule has 21 heavy (non-hydrogen) atoms. The number of carbonyl (C=O) groups is 1. The standard InChI is InChI=1S/C18H29NO2/c1-13(2)17(21)18(4,5)12-19-16(20)11-10-15-8-6-14(3)7-9-15/h6-9,13,17,21H,10-12H2,1-5H3,(H,19,20). The number of hydrogen-bond acceptors (Lipinski definition) is 2. The zero-order chi connectivity index (χ0) is 16.0. The van der Waals surface area contributed by atoms with Crippen molar-refractivity contribution in [2.45, 2.75) is 53.6 Å². The van der Waals surface area contributed by atoms with E-state index < -0.39 is 6.10 Å². The van der Waals surface area contributed by atoms with Gasteiger partial charge < -0.3 is 10.4 Å². The maximum atomic E-state index is 11.9. The molecular formula is C18H29NO2. The highest BCUT2D eigenvalue weighted by atomic mass is 16.3. The van der Waals surface area contributed by atoms with E-state index in [0.29, 0.717) is 13.0 Å². The third-order valence-corrected chi connectivity index (χ3v) is 3.93. The number of carbonyl (C=O) groups excluding carboxylic acids is 1. The summed E-state index contributed by atoms with van der Waals surface area (Å²) in [6.07, 6.45) is 0.811. The van der Waals surface area contributed by atoms with Gasteiger partial charge in [0.15, 0.2) is 0 Å². The van der Waals surface area contributed by atoms with Crippen LogP contribution in [0.1, 0.15) is 45.2 Å². The molecule has 0 aliphatic carbocycles. The third-order valence-electron chi connectivity index (χ3n) is 3.93. The number of rotatable bonds is 7. The first-order chi connectivity index (χ1) is 9.72. The molecule has 0 bridgehead atoms. The zero-order valence-electron chi connectivity index (χ0n) is 13.9. The molecule has 0 aliphatic rings. The average molecular weight is 291 g/mol. The van der Waals surface area contributed by atoms with Crippen molar-refractivity contribution in [2.75, 3.05) is 6.54 Å². The number of amides is 1. The van der Waals surface area contributed by atoms with Crippen molar-refractivity contribution in [3.05, 3.63) is 35.4 Å². The van der Waals surface area contributed by atoms with Crippen molar-refractivity contribution in [1.29, 1.82) is 0 Å². The summed E-state index contributed by atoms with van der Waals surface area (Å²) in [6.45, 7) is 10.5. The second kappa shape index (κ2) is 7.60. The summed E-state index contributed by atoms with van der Waals surface area (Å²) >= 11 is 0. The molecule has 118 valence electrons. The summed E-state index contributed by atoms with van der Waals surface area (Å²) in [6, 6.07) is 8.26. The Morgan fingerprint density at radius 1 is 1.24 bits per heavy atom. The van der Waals surface area contributed by atoms with Gasteiger partial charge in [-0.25, -0.2) is 0 Å². The summed E-state index contributed by atoms with van der Waals surface area (Å²) in [4.78, 5) is 11.9. The molecule has 1 aromatic rings. The summed E-state index contributed by atoms with van der Waals surface area (Å²) in [5.74, 6) is 0.226. The molecule has 2 N–H and O–H groups in total. The van der Waals surface area contributed by atoms with E-state index in [0.717, 1.165) is 6.42 Å². The number of aliphatic hydroxyl groups excluding tert-OH is 1. The molecule has 0 heterocycles. The summed E-state index contributed by atoms with van der Waals surface area (Å²) in [5.41, 5.74) is 2.10. The van der Waals surface area contributed by atoms with Gasteiger partial charge in [-0.3, -0.25) is 4.79 Å². The van der Waals surface area contributed by atoms with Crippen molar-refractivity contribution in [3.8, 4) is 0 Å². The minimum Gasteiger partial charge on any atom is -0.392 e. The van der Waals surface area contributed by atoms with Crippen LogP contribution in [0.5, 0.6) is 0 Å². The molecule has 1 atom stereocenters.